The monoisotopic (exact) mass is 324 g/mol. The lowest BCUT2D eigenvalue weighted by Gasteiger charge is -2.39. The standard InChI is InChI=1S/C19H24N4O/c1-3-15(11-20-7-1)14-23-9-10-24-19-16(5-6-18(19)23)12-22-17-4-2-8-21-13-17/h1-4,7-8,11,13,16,18-19,22H,5-6,9-10,12,14H2. The van der Waals surface area contributed by atoms with Crippen molar-refractivity contribution in [3.63, 3.8) is 0 Å². The van der Waals surface area contributed by atoms with E-state index in [1.807, 2.05) is 30.7 Å². The fraction of sp³-hybridized carbons (Fsp3) is 0.474. The Bertz CT molecular complexity index is 636. The van der Waals surface area contributed by atoms with Crippen LogP contribution in [0.25, 0.3) is 0 Å². The number of pyridine rings is 2. The van der Waals surface area contributed by atoms with Crippen LogP contribution in [0, 0.1) is 5.92 Å². The summed E-state index contributed by atoms with van der Waals surface area (Å²) in [5, 5.41) is 3.51. The number of anilines is 1. The summed E-state index contributed by atoms with van der Waals surface area (Å²) in [5.41, 5.74) is 2.37. The van der Waals surface area contributed by atoms with E-state index < -0.39 is 0 Å². The molecule has 0 spiro atoms. The van der Waals surface area contributed by atoms with Crippen molar-refractivity contribution in [1.29, 1.82) is 0 Å². The van der Waals surface area contributed by atoms with Gasteiger partial charge in [0.05, 0.1) is 18.4 Å². The van der Waals surface area contributed by atoms with Gasteiger partial charge >= 0.3 is 0 Å². The van der Waals surface area contributed by atoms with E-state index in [1.54, 1.807) is 6.20 Å². The molecule has 5 heteroatoms. The van der Waals surface area contributed by atoms with Crippen LogP contribution in [0.4, 0.5) is 5.69 Å². The molecule has 1 aliphatic carbocycles. The number of aromatic nitrogens is 2. The number of nitrogens with zero attached hydrogens (tertiary/aromatic N) is 3. The lowest BCUT2D eigenvalue weighted by molar-refractivity contribution is -0.0745. The molecular weight excluding hydrogens is 300 g/mol. The molecule has 2 fully saturated rings. The SMILES string of the molecule is c1cncc(CN2CCOC3C(CNc4cccnc4)CCC32)c1. The molecule has 1 N–H and O–H groups in total. The number of hydrogen-bond donors (Lipinski definition) is 1. The molecule has 5 nitrogen and oxygen atoms in total. The second-order valence-electron chi connectivity index (χ2n) is 6.69. The molecule has 0 bridgehead atoms. The fourth-order valence-electron chi connectivity index (χ4n) is 3.99. The molecule has 4 rings (SSSR count). The summed E-state index contributed by atoms with van der Waals surface area (Å²) in [6.45, 7) is 3.76. The summed E-state index contributed by atoms with van der Waals surface area (Å²) in [6.07, 6.45) is 10.2. The van der Waals surface area contributed by atoms with Crippen LogP contribution in [0.15, 0.2) is 49.1 Å². The Kier molecular flexibility index (Phi) is 4.71. The third kappa shape index (κ3) is 3.42. The maximum absolute atomic E-state index is 6.16. The van der Waals surface area contributed by atoms with E-state index in [-0.39, 0.29) is 0 Å². The molecule has 24 heavy (non-hydrogen) atoms. The molecule has 2 aromatic heterocycles. The average molecular weight is 324 g/mol. The first-order valence-corrected chi connectivity index (χ1v) is 8.78. The quantitative estimate of drug-likeness (QED) is 0.916. The van der Waals surface area contributed by atoms with Crippen LogP contribution in [0.3, 0.4) is 0 Å². The predicted molar refractivity (Wildman–Crippen MR) is 93.6 cm³/mol. The van der Waals surface area contributed by atoms with Crippen molar-refractivity contribution in [3.8, 4) is 0 Å². The number of hydrogen-bond acceptors (Lipinski definition) is 5. The number of nitrogens with one attached hydrogen (secondary N) is 1. The molecule has 1 saturated heterocycles. The van der Waals surface area contributed by atoms with E-state index in [1.165, 1.54) is 18.4 Å². The number of morpholine rings is 1. The van der Waals surface area contributed by atoms with E-state index in [2.05, 4.69) is 32.3 Å². The van der Waals surface area contributed by atoms with Crippen molar-refractivity contribution in [2.45, 2.75) is 31.5 Å². The van der Waals surface area contributed by atoms with Crippen LogP contribution in [0.2, 0.25) is 0 Å². The van der Waals surface area contributed by atoms with Crippen LogP contribution in [0.1, 0.15) is 18.4 Å². The van der Waals surface area contributed by atoms with E-state index in [4.69, 9.17) is 4.74 Å². The van der Waals surface area contributed by atoms with Crippen LogP contribution in [0.5, 0.6) is 0 Å². The van der Waals surface area contributed by atoms with E-state index >= 15 is 0 Å². The van der Waals surface area contributed by atoms with Gasteiger partial charge in [-0.25, -0.2) is 0 Å². The molecule has 3 heterocycles. The van der Waals surface area contributed by atoms with E-state index in [0.29, 0.717) is 18.1 Å². The second-order valence-corrected chi connectivity index (χ2v) is 6.69. The topological polar surface area (TPSA) is 50.3 Å². The summed E-state index contributed by atoms with van der Waals surface area (Å²) in [4.78, 5) is 11.0. The number of rotatable bonds is 5. The summed E-state index contributed by atoms with van der Waals surface area (Å²) >= 11 is 0. The highest BCUT2D eigenvalue weighted by Crippen LogP contribution is 2.35. The lowest BCUT2D eigenvalue weighted by Crippen LogP contribution is -2.50. The first-order chi connectivity index (χ1) is 11.9. The van der Waals surface area contributed by atoms with Gasteiger partial charge in [-0.3, -0.25) is 14.9 Å². The van der Waals surface area contributed by atoms with Crippen molar-refractivity contribution in [2.24, 2.45) is 5.92 Å². The van der Waals surface area contributed by atoms with Gasteiger partial charge < -0.3 is 10.1 Å². The van der Waals surface area contributed by atoms with Crippen molar-refractivity contribution < 1.29 is 4.74 Å². The van der Waals surface area contributed by atoms with Crippen molar-refractivity contribution in [3.05, 3.63) is 54.6 Å². The zero-order valence-electron chi connectivity index (χ0n) is 13.8. The van der Waals surface area contributed by atoms with Gasteiger partial charge in [-0.05, 0) is 36.6 Å². The normalized spacial score (nSPS) is 26.9. The van der Waals surface area contributed by atoms with Gasteiger partial charge in [0, 0.05) is 56.4 Å². The molecule has 0 radical (unpaired) electrons. The zero-order valence-corrected chi connectivity index (χ0v) is 13.8. The van der Waals surface area contributed by atoms with Crippen LogP contribution >= 0.6 is 0 Å². The summed E-state index contributed by atoms with van der Waals surface area (Å²) in [5.74, 6) is 0.562. The molecule has 0 aromatic carbocycles. The van der Waals surface area contributed by atoms with Gasteiger partial charge in [0.15, 0.2) is 0 Å². The maximum Gasteiger partial charge on any atom is 0.0775 e. The molecule has 2 aromatic rings. The highest BCUT2D eigenvalue weighted by molar-refractivity contribution is 5.39. The Balaban J connectivity index is 1.37. The minimum absolute atomic E-state index is 0.333. The lowest BCUT2D eigenvalue weighted by atomic mass is 10.0. The molecular formula is C19H24N4O. The third-order valence-corrected chi connectivity index (χ3v) is 5.17. The van der Waals surface area contributed by atoms with Crippen LogP contribution in [-0.4, -0.2) is 46.7 Å². The fourth-order valence-corrected chi connectivity index (χ4v) is 3.99. The van der Waals surface area contributed by atoms with E-state index in [9.17, 15) is 0 Å². The molecule has 126 valence electrons. The second kappa shape index (κ2) is 7.28. The van der Waals surface area contributed by atoms with Gasteiger partial charge in [-0.2, -0.15) is 0 Å². The first kappa shape index (κ1) is 15.5. The van der Waals surface area contributed by atoms with E-state index in [0.717, 1.165) is 31.9 Å². The Hall–Kier alpha value is -1.98. The zero-order chi connectivity index (χ0) is 16.2. The smallest absolute Gasteiger partial charge is 0.0775 e. The van der Waals surface area contributed by atoms with Gasteiger partial charge in [0.2, 0.25) is 0 Å². The van der Waals surface area contributed by atoms with Gasteiger partial charge in [0.1, 0.15) is 0 Å². The van der Waals surface area contributed by atoms with Gasteiger partial charge in [-0.1, -0.05) is 6.07 Å². The number of fused-ring (bicyclic) bond motifs is 1. The third-order valence-electron chi connectivity index (χ3n) is 5.17. The molecule has 2 aliphatic rings. The predicted octanol–water partition coefficient (Wildman–Crippen LogP) is 2.57. The highest BCUT2D eigenvalue weighted by Gasteiger charge is 2.42. The Morgan fingerprint density at radius 1 is 1.12 bits per heavy atom. The van der Waals surface area contributed by atoms with Gasteiger partial charge in [-0.15, -0.1) is 0 Å². The van der Waals surface area contributed by atoms with Crippen LogP contribution < -0.4 is 5.32 Å². The number of ether oxygens (including phenoxy) is 1. The Morgan fingerprint density at radius 2 is 2.00 bits per heavy atom. The molecule has 1 aliphatic heterocycles. The van der Waals surface area contributed by atoms with Crippen molar-refractivity contribution in [1.82, 2.24) is 14.9 Å². The first-order valence-electron chi connectivity index (χ1n) is 8.78. The molecule has 1 saturated carbocycles. The Labute approximate surface area is 143 Å². The molecule has 0 amide bonds. The summed E-state index contributed by atoms with van der Waals surface area (Å²) in [7, 11) is 0. The van der Waals surface area contributed by atoms with Gasteiger partial charge in [0.25, 0.3) is 0 Å². The highest BCUT2D eigenvalue weighted by atomic mass is 16.5. The maximum atomic E-state index is 6.16. The minimum Gasteiger partial charge on any atom is -0.383 e. The average Bonchev–Trinajstić information content (AvgIpc) is 3.06. The summed E-state index contributed by atoms with van der Waals surface area (Å²) < 4.78 is 6.16. The summed E-state index contributed by atoms with van der Waals surface area (Å²) in [6, 6.07) is 8.73. The molecule has 3 atom stereocenters. The minimum atomic E-state index is 0.333. The van der Waals surface area contributed by atoms with Crippen molar-refractivity contribution >= 4 is 5.69 Å². The van der Waals surface area contributed by atoms with Crippen molar-refractivity contribution in [2.75, 3.05) is 25.0 Å². The van der Waals surface area contributed by atoms with Crippen LogP contribution in [-0.2, 0) is 11.3 Å². The molecule has 3 unspecified atom stereocenters. The largest absolute Gasteiger partial charge is 0.383 e. The Morgan fingerprint density at radius 3 is 2.79 bits per heavy atom.